The molecule has 2 aromatic rings. The van der Waals surface area contributed by atoms with Crippen molar-refractivity contribution in [2.24, 2.45) is 7.05 Å². The highest BCUT2D eigenvalue weighted by atomic mass is 19.4. The maximum Gasteiger partial charge on any atom is 0.416 e. The number of hydrogen-bond donors (Lipinski definition) is 1. The zero-order valence-electron chi connectivity index (χ0n) is 10.6. The van der Waals surface area contributed by atoms with E-state index in [1.54, 1.807) is 30.1 Å². The molecule has 20 heavy (non-hydrogen) atoms. The smallest absolute Gasteiger partial charge is 0.378 e. The number of aromatic nitrogens is 2. The Morgan fingerprint density at radius 3 is 2.65 bits per heavy atom. The predicted molar refractivity (Wildman–Crippen MR) is 66.7 cm³/mol. The molecule has 0 saturated heterocycles. The van der Waals surface area contributed by atoms with E-state index >= 15 is 0 Å². The minimum absolute atomic E-state index is 0.0398. The van der Waals surface area contributed by atoms with Gasteiger partial charge < -0.3 is 5.32 Å². The van der Waals surface area contributed by atoms with Crippen molar-refractivity contribution >= 4 is 5.69 Å². The molecule has 0 spiro atoms. The highest BCUT2D eigenvalue weighted by Crippen LogP contribution is 2.31. The molecule has 1 aromatic carbocycles. The van der Waals surface area contributed by atoms with E-state index in [9.17, 15) is 13.2 Å². The summed E-state index contributed by atoms with van der Waals surface area (Å²) in [5, 5.41) is 15.9. The topological polar surface area (TPSA) is 53.6 Å². The largest absolute Gasteiger partial charge is 0.416 e. The predicted octanol–water partition coefficient (Wildman–Crippen LogP) is 2.92. The van der Waals surface area contributed by atoms with Crippen LogP contribution in [0.2, 0.25) is 0 Å². The van der Waals surface area contributed by atoms with Gasteiger partial charge in [-0.1, -0.05) is 0 Å². The summed E-state index contributed by atoms with van der Waals surface area (Å²) in [6.45, 7) is 0.372. The molecule has 0 aliphatic rings. The number of aryl methyl sites for hydroxylation is 1. The molecule has 0 unspecified atom stereocenters. The minimum atomic E-state index is -4.45. The highest BCUT2D eigenvalue weighted by Gasteiger charge is 2.31. The zero-order valence-corrected chi connectivity index (χ0v) is 10.6. The van der Waals surface area contributed by atoms with Crippen molar-refractivity contribution in [3.63, 3.8) is 0 Å². The van der Waals surface area contributed by atoms with Gasteiger partial charge in [-0.3, -0.25) is 4.68 Å². The van der Waals surface area contributed by atoms with Crippen LogP contribution in [0.5, 0.6) is 0 Å². The first-order chi connectivity index (χ1) is 9.41. The van der Waals surface area contributed by atoms with Crippen LogP contribution < -0.4 is 5.32 Å². The van der Waals surface area contributed by atoms with Crippen LogP contribution >= 0.6 is 0 Å². The molecule has 1 aromatic heterocycles. The van der Waals surface area contributed by atoms with Gasteiger partial charge in [-0.2, -0.15) is 23.5 Å². The van der Waals surface area contributed by atoms with E-state index in [1.165, 1.54) is 6.07 Å². The summed E-state index contributed by atoms with van der Waals surface area (Å²) in [6.07, 6.45) is -2.83. The van der Waals surface area contributed by atoms with E-state index in [2.05, 4.69) is 10.4 Å². The Kier molecular flexibility index (Phi) is 3.66. The first-order valence-corrected chi connectivity index (χ1v) is 5.74. The number of rotatable bonds is 3. The SMILES string of the molecule is Cn1nccc1CNc1ccc(C(F)(F)F)cc1C#N. The third kappa shape index (κ3) is 2.91. The number of alkyl halides is 3. The number of benzene rings is 1. The lowest BCUT2D eigenvalue weighted by Gasteiger charge is -2.11. The van der Waals surface area contributed by atoms with Crippen molar-refractivity contribution in [3.05, 3.63) is 47.3 Å². The molecule has 0 amide bonds. The highest BCUT2D eigenvalue weighted by molar-refractivity contribution is 5.59. The van der Waals surface area contributed by atoms with E-state index < -0.39 is 11.7 Å². The van der Waals surface area contributed by atoms with Crippen LogP contribution in [0, 0.1) is 11.3 Å². The number of nitrogens with one attached hydrogen (secondary N) is 1. The summed E-state index contributed by atoms with van der Waals surface area (Å²) in [7, 11) is 1.76. The average Bonchev–Trinajstić information content (AvgIpc) is 2.80. The molecule has 0 bridgehead atoms. The summed E-state index contributed by atoms with van der Waals surface area (Å²) in [5.74, 6) is 0. The van der Waals surface area contributed by atoms with Crippen LogP contribution in [0.15, 0.2) is 30.5 Å². The van der Waals surface area contributed by atoms with Crippen molar-refractivity contribution in [2.75, 3.05) is 5.32 Å². The molecule has 4 nitrogen and oxygen atoms in total. The Bertz CT molecular complexity index is 652. The van der Waals surface area contributed by atoms with Gasteiger partial charge in [-0.25, -0.2) is 0 Å². The van der Waals surface area contributed by atoms with Gasteiger partial charge in [0.05, 0.1) is 29.1 Å². The number of halogens is 3. The Morgan fingerprint density at radius 2 is 2.10 bits per heavy atom. The average molecular weight is 280 g/mol. The number of anilines is 1. The fraction of sp³-hybridized carbons (Fsp3) is 0.231. The van der Waals surface area contributed by atoms with Crippen LogP contribution in [-0.2, 0) is 19.8 Å². The van der Waals surface area contributed by atoms with Crippen LogP contribution in [0.25, 0.3) is 0 Å². The third-order valence-electron chi connectivity index (χ3n) is 2.85. The van der Waals surface area contributed by atoms with Gasteiger partial charge in [0.15, 0.2) is 0 Å². The Morgan fingerprint density at radius 1 is 1.35 bits per heavy atom. The maximum atomic E-state index is 12.6. The summed E-state index contributed by atoms with van der Waals surface area (Å²) in [5.41, 5.74) is 0.345. The molecule has 0 fully saturated rings. The molecule has 1 N–H and O–H groups in total. The normalized spacial score (nSPS) is 11.2. The summed E-state index contributed by atoms with van der Waals surface area (Å²) >= 11 is 0. The van der Waals surface area contributed by atoms with Crippen LogP contribution in [0.3, 0.4) is 0 Å². The molecule has 2 rings (SSSR count). The summed E-state index contributed by atoms with van der Waals surface area (Å²) < 4.78 is 39.3. The number of hydrogen-bond acceptors (Lipinski definition) is 3. The van der Waals surface area contributed by atoms with Crippen molar-refractivity contribution in [1.29, 1.82) is 5.26 Å². The molecular weight excluding hydrogens is 269 g/mol. The Balaban J connectivity index is 2.21. The molecule has 7 heteroatoms. The molecule has 0 aliphatic heterocycles. The lowest BCUT2D eigenvalue weighted by Crippen LogP contribution is -2.09. The second-order valence-corrected chi connectivity index (χ2v) is 4.17. The van der Waals surface area contributed by atoms with Gasteiger partial charge in [0.1, 0.15) is 6.07 Å². The summed E-state index contributed by atoms with van der Waals surface area (Å²) in [4.78, 5) is 0. The zero-order chi connectivity index (χ0) is 14.8. The van der Waals surface area contributed by atoms with Crippen LogP contribution in [-0.4, -0.2) is 9.78 Å². The van der Waals surface area contributed by atoms with Crippen LogP contribution in [0.1, 0.15) is 16.8 Å². The van der Waals surface area contributed by atoms with E-state index in [0.717, 1.165) is 17.8 Å². The number of nitriles is 1. The molecule has 0 atom stereocenters. The van der Waals surface area contributed by atoms with Gasteiger partial charge in [0, 0.05) is 13.2 Å². The van der Waals surface area contributed by atoms with Crippen molar-refractivity contribution < 1.29 is 13.2 Å². The minimum Gasteiger partial charge on any atom is -0.378 e. The number of nitrogens with zero attached hydrogens (tertiary/aromatic N) is 3. The van der Waals surface area contributed by atoms with Gasteiger partial charge in [0.25, 0.3) is 0 Å². The fourth-order valence-electron chi connectivity index (χ4n) is 1.73. The maximum absolute atomic E-state index is 12.6. The lowest BCUT2D eigenvalue weighted by atomic mass is 10.1. The molecule has 104 valence electrons. The molecule has 0 saturated carbocycles. The molecule has 0 radical (unpaired) electrons. The third-order valence-corrected chi connectivity index (χ3v) is 2.85. The van der Waals surface area contributed by atoms with E-state index in [-0.39, 0.29) is 5.56 Å². The first-order valence-electron chi connectivity index (χ1n) is 5.74. The van der Waals surface area contributed by atoms with E-state index in [1.807, 2.05) is 0 Å². The molecular formula is C13H11F3N4. The standard InChI is InChI=1S/C13H11F3N4/c1-20-11(4-5-19-20)8-18-12-3-2-10(13(14,15)16)6-9(12)7-17/h2-6,18H,8H2,1H3. The van der Waals surface area contributed by atoms with Crippen molar-refractivity contribution in [1.82, 2.24) is 9.78 Å². The quantitative estimate of drug-likeness (QED) is 0.940. The Labute approximate surface area is 113 Å². The van der Waals surface area contributed by atoms with Crippen LogP contribution in [0.4, 0.5) is 18.9 Å². The van der Waals surface area contributed by atoms with E-state index in [0.29, 0.717) is 12.2 Å². The van der Waals surface area contributed by atoms with Crippen molar-refractivity contribution in [3.8, 4) is 6.07 Å². The summed E-state index contributed by atoms with van der Waals surface area (Å²) in [6, 6.07) is 6.60. The fourth-order valence-corrected chi connectivity index (χ4v) is 1.73. The monoisotopic (exact) mass is 280 g/mol. The lowest BCUT2D eigenvalue weighted by molar-refractivity contribution is -0.137. The van der Waals surface area contributed by atoms with Gasteiger partial charge >= 0.3 is 6.18 Å². The first kappa shape index (κ1) is 13.9. The van der Waals surface area contributed by atoms with Crippen molar-refractivity contribution in [2.45, 2.75) is 12.7 Å². The molecule has 1 heterocycles. The second-order valence-electron chi connectivity index (χ2n) is 4.17. The van der Waals surface area contributed by atoms with E-state index in [4.69, 9.17) is 5.26 Å². The Hall–Kier alpha value is -2.49. The van der Waals surface area contributed by atoms with Gasteiger partial charge in [-0.15, -0.1) is 0 Å². The van der Waals surface area contributed by atoms with Gasteiger partial charge in [-0.05, 0) is 24.3 Å². The van der Waals surface area contributed by atoms with Gasteiger partial charge in [0.2, 0.25) is 0 Å². The second kappa shape index (κ2) is 5.25. The molecule has 0 aliphatic carbocycles.